The molecule has 0 saturated heterocycles. The summed E-state index contributed by atoms with van der Waals surface area (Å²) in [6.07, 6.45) is 7.13. The molecule has 0 heterocycles. The largest absolute Gasteiger partial charge is 0.520 e. The van der Waals surface area contributed by atoms with Gasteiger partial charge in [-0.05, 0) is 26.1 Å². The average Bonchev–Trinajstić information content (AvgIpc) is 2.35. The highest BCUT2D eigenvalue weighted by atomic mass is 28.4. The van der Waals surface area contributed by atoms with E-state index in [9.17, 15) is 0 Å². The third kappa shape index (κ3) is 4.47. The average molecular weight is 246 g/mol. The van der Waals surface area contributed by atoms with Crippen molar-refractivity contribution in [3.63, 3.8) is 0 Å². The molecule has 0 fully saturated rings. The molecule has 1 aromatic rings. The molecule has 0 atom stereocenters. The highest BCUT2D eigenvalue weighted by molar-refractivity contribution is 6.65. The first kappa shape index (κ1) is 13.6. The van der Waals surface area contributed by atoms with E-state index >= 15 is 0 Å². The van der Waals surface area contributed by atoms with Gasteiger partial charge in [0.25, 0.3) is 0 Å². The van der Waals surface area contributed by atoms with Crippen LogP contribution < -0.4 is 0 Å². The molecule has 3 heteroatoms. The summed E-state index contributed by atoms with van der Waals surface area (Å²) in [7, 11) is -2.20. The summed E-state index contributed by atoms with van der Waals surface area (Å²) in [6, 6.07) is 9.98. The van der Waals surface area contributed by atoms with Gasteiger partial charge in [0.05, 0.1) is 6.61 Å². The number of benzene rings is 1. The quantitative estimate of drug-likeness (QED) is 0.450. The van der Waals surface area contributed by atoms with Crippen LogP contribution in [0.2, 0.25) is 13.1 Å². The molecule has 0 unspecified atom stereocenters. The van der Waals surface area contributed by atoms with Crippen LogP contribution in [0, 0.1) is 12.3 Å². The van der Waals surface area contributed by atoms with Crippen LogP contribution in [0.25, 0.3) is 5.76 Å². The molecular weight excluding hydrogens is 228 g/mol. The Balaban J connectivity index is 2.76. The van der Waals surface area contributed by atoms with Crippen LogP contribution in [0.5, 0.6) is 0 Å². The van der Waals surface area contributed by atoms with Gasteiger partial charge in [-0.25, -0.2) is 0 Å². The van der Waals surface area contributed by atoms with Crippen molar-refractivity contribution in [3.05, 3.63) is 42.0 Å². The Morgan fingerprint density at radius 2 is 2.00 bits per heavy atom. The molecule has 90 valence electrons. The molecule has 17 heavy (non-hydrogen) atoms. The third-order valence-electron chi connectivity index (χ3n) is 2.18. The molecule has 0 aromatic heterocycles. The summed E-state index contributed by atoms with van der Waals surface area (Å²) in [6.45, 7) is 6.21. The zero-order valence-corrected chi connectivity index (χ0v) is 11.6. The lowest BCUT2D eigenvalue weighted by Gasteiger charge is -2.24. The van der Waals surface area contributed by atoms with E-state index in [0.29, 0.717) is 6.61 Å². The molecule has 0 aliphatic carbocycles. The molecule has 0 N–H and O–H groups in total. The first-order chi connectivity index (χ1) is 8.09. The van der Waals surface area contributed by atoms with Gasteiger partial charge in [-0.15, -0.1) is 6.42 Å². The summed E-state index contributed by atoms with van der Waals surface area (Å²) in [5.74, 6) is 3.31. The number of hydrogen-bond donors (Lipinski definition) is 0. The Bertz CT molecular complexity index is 416. The fourth-order valence-corrected chi connectivity index (χ4v) is 2.65. The molecule has 2 nitrogen and oxygen atoms in total. The Morgan fingerprint density at radius 3 is 2.53 bits per heavy atom. The molecular formula is C14H18O2Si. The molecule has 0 spiro atoms. The number of allylic oxidation sites excluding steroid dienone is 1. The monoisotopic (exact) mass is 246 g/mol. The van der Waals surface area contributed by atoms with Gasteiger partial charge in [-0.3, -0.25) is 0 Å². The Kier molecular flexibility index (Phi) is 5.01. The Morgan fingerprint density at radius 1 is 1.35 bits per heavy atom. The highest BCUT2D eigenvalue weighted by Gasteiger charge is 2.27. The van der Waals surface area contributed by atoms with Crippen molar-refractivity contribution < 1.29 is 8.85 Å². The fourth-order valence-electron chi connectivity index (χ4n) is 1.40. The van der Waals surface area contributed by atoms with Gasteiger partial charge < -0.3 is 8.85 Å². The van der Waals surface area contributed by atoms with E-state index in [1.54, 1.807) is 0 Å². The standard InChI is InChI=1S/C14H18O2Si/c1-5-12-15-17(3,4)16-14(6-2)13-10-8-7-9-11-13/h1,6-11H,12H2,2-4H3/b14-6-. The minimum atomic E-state index is -2.20. The summed E-state index contributed by atoms with van der Waals surface area (Å²) in [4.78, 5) is 0. The predicted molar refractivity (Wildman–Crippen MR) is 73.4 cm³/mol. The Hall–Kier alpha value is -1.50. The third-order valence-corrected chi connectivity index (χ3v) is 3.73. The number of terminal acetylenes is 1. The second-order valence-corrected chi connectivity index (χ2v) is 7.31. The zero-order chi connectivity index (χ0) is 12.7. The first-order valence-corrected chi connectivity index (χ1v) is 8.39. The molecule has 0 aliphatic rings. The summed E-state index contributed by atoms with van der Waals surface area (Å²) < 4.78 is 11.5. The van der Waals surface area contributed by atoms with Crippen molar-refractivity contribution >= 4 is 14.3 Å². The lowest BCUT2D eigenvalue weighted by atomic mass is 10.2. The maximum Gasteiger partial charge on any atom is 0.393 e. The lowest BCUT2D eigenvalue weighted by Crippen LogP contribution is -2.34. The van der Waals surface area contributed by atoms with E-state index in [4.69, 9.17) is 15.3 Å². The zero-order valence-electron chi connectivity index (χ0n) is 10.6. The minimum Gasteiger partial charge on any atom is -0.520 e. The molecule has 0 amide bonds. The van der Waals surface area contributed by atoms with Crippen molar-refractivity contribution in [1.82, 2.24) is 0 Å². The van der Waals surface area contributed by atoms with E-state index in [2.05, 4.69) is 5.92 Å². The second kappa shape index (κ2) is 6.29. The van der Waals surface area contributed by atoms with E-state index < -0.39 is 8.56 Å². The van der Waals surface area contributed by atoms with Crippen LogP contribution in [0.15, 0.2) is 36.4 Å². The summed E-state index contributed by atoms with van der Waals surface area (Å²) >= 11 is 0. The van der Waals surface area contributed by atoms with Crippen molar-refractivity contribution in [2.75, 3.05) is 6.61 Å². The van der Waals surface area contributed by atoms with Crippen LogP contribution in [-0.2, 0) is 8.85 Å². The maximum atomic E-state index is 5.96. The van der Waals surface area contributed by atoms with E-state index in [1.807, 2.05) is 56.4 Å². The van der Waals surface area contributed by atoms with Crippen molar-refractivity contribution in [2.24, 2.45) is 0 Å². The van der Waals surface area contributed by atoms with Gasteiger partial charge in [0.1, 0.15) is 5.76 Å². The van der Waals surface area contributed by atoms with Crippen LogP contribution in [0.4, 0.5) is 0 Å². The molecule has 0 radical (unpaired) electrons. The molecule has 1 rings (SSSR count). The van der Waals surface area contributed by atoms with Crippen LogP contribution >= 0.6 is 0 Å². The minimum absolute atomic E-state index is 0.297. The Labute approximate surface area is 105 Å². The van der Waals surface area contributed by atoms with E-state index in [-0.39, 0.29) is 0 Å². The topological polar surface area (TPSA) is 18.5 Å². The first-order valence-electron chi connectivity index (χ1n) is 5.57. The summed E-state index contributed by atoms with van der Waals surface area (Å²) in [5, 5.41) is 0. The maximum absolute atomic E-state index is 5.96. The van der Waals surface area contributed by atoms with E-state index in [1.165, 1.54) is 0 Å². The van der Waals surface area contributed by atoms with Gasteiger partial charge in [0.2, 0.25) is 0 Å². The van der Waals surface area contributed by atoms with Crippen LogP contribution in [0.3, 0.4) is 0 Å². The van der Waals surface area contributed by atoms with Crippen LogP contribution in [-0.4, -0.2) is 15.2 Å². The summed E-state index contributed by atoms with van der Waals surface area (Å²) in [5.41, 5.74) is 1.06. The molecule has 0 bridgehead atoms. The molecule has 0 saturated carbocycles. The van der Waals surface area contributed by atoms with Crippen molar-refractivity contribution in [2.45, 2.75) is 20.0 Å². The van der Waals surface area contributed by atoms with Gasteiger partial charge in [0.15, 0.2) is 0 Å². The fraction of sp³-hybridized carbons (Fsp3) is 0.286. The normalized spacial score (nSPS) is 12.0. The van der Waals surface area contributed by atoms with Gasteiger partial charge in [-0.2, -0.15) is 0 Å². The van der Waals surface area contributed by atoms with E-state index in [0.717, 1.165) is 11.3 Å². The molecule has 1 aromatic carbocycles. The smallest absolute Gasteiger partial charge is 0.393 e. The van der Waals surface area contributed by atoms with Crippen molar-refractivity contribution in [1.29, 1.82) is 0 Å². The number of hydrogen-bond acceptors (Lipinski definition) is 2. The lowest BCUT2D eigenvalue weighted by molar-refractivity contribution is 0.271. The highest BCUT2D eigenvalue weighted by Crippen LogP contribution is 2.21. The SMILES string of the molecule is C#CCO[Si](C)(C)O/C(=C\C)c1ccccc1. The van der Waals surface area contributed by atoms with Gasteiger partial charge in [-0.1, -0.05) is 36.3 Å². The van der Waals surface area contributed by atoms with Gasteiger partial charge in [0, 0.05) is 5.56 Å². The van der Waals surface area contributed by atoms with Gasteiger partial charge >= 0.3 is 8.56 Å². The molecule has 0 aliphatic heterocycles. The second-order valence-electron chi connectivity index (χ2n) is 4.01. The van der Waals surface area contributed by atoms with Crippen LogP contribution in [0.1, 0.15) is 12.5 Å². The van der Waals surface area contributed by atoms with Crippen molar-refractivity contribution in [3.8, 4) is 12.3 Å². The predicted octanol–water partition coefficient (Wildman–Crippen LogP) is 3.42. The number of rotatable bonds is 5.